The highest BCUT2D eigenvalue weighted by atomic mass is 32.2. The smallest absolute Gasteiger partial charge is 0.325 e. The normalized spacial score (nSPS) is 19.1. The molecule has 1 atom stereocenters. The fraction of sp³-hybridized carbons (Fsp3) is 0.222. The van der Waals surface area contributed by atoms with Gasteiger partial charge in [-0.2, -0.15) is 8.42 Å². The minimum Gasteiger partial charge on any atom is -0.382 e. The molecule has 2 aromatic rings. The Hall–Kier alpha value is -3.47. The van der Waals surface area contributed by atoms with Crippen LogP contribution >= 0.6 is 0 Å². The van der Waals surface area contributed by atoms with Gasteiger partial charge < -0.3 is 9.50 Å². The van der Waals surface area contributed by atoms with Crippen LogP contribution in [0.1, 0.15) is 12.5 Å². The highest BCUT2D eigenvalue weighted by molar-refractivity contribution is 7.87. The Balaban J connectivity index is 1.75. The predicted octanol–water partition coefficient (Wildman–Crippen LogP) is 1.77. The largest absolute Gasteiger partial charge is 0.382 e. The van der Waals surface area contributed by atoms with Gasteiger partial charge >= 0.3 is 16.1 Å². The lowest BCUT2D eigenvalue weighted by atomic mass is 9.91. The monoisotopic (exact) mass is 419 g/mol. The standard InChI is InChI=1S/C18H17N3O7S/c1-18(13-6-5-7-14(12-13)21(24)25)16(22)20(17(23)19-18)10-11-29(26,27)28-15-8-3-2-4-9-15/h2-9,12H,10-11H2,1H3,(H,19,23). The third-order valence-corrected chi connectivity index (χ3v) is 5.57. The zero-order valence-electron chi connectivity index (χ0n) is 15.3. The van der Waals surface area contributed by atoms with Crippen molar-refractivity contribution >= 4 is 27.7 Å². The topological polar surface area (TPSA) is 136 Å². The van der Waals surface area contributed by atoms with E-state index in [1.165, 1.54) is 43.3 Å². The van der Waals surface area contributed by atoms with Crippen molar-refractivity contribution in [2.24, 2.45) is 0 Å². The summed E-state index contributed by atoms with van der Waals surface area (Å²) in [7, 11) is -4.05. The average Bonchev–Trinajstić information content (AvgIpc) is 2.90. The molecule has 1 N–H and O–H groups in total. The van der Waals surface area contributed by atoms with E-state index in [1.54, 1.807) is 18.2 Å². The molecule has 0 radical (unpaired) electrons. The van der Waals surface area contributed by atoms with Gasteiger partial charge in [-0.25, -0.2) is 4.79 Å². The minimum absolute atomic E-state index is 0.117. The number of para-hydroxylation sites is 1. The van der Waals surface area contributed by atoms with Gasteiger partial charge in [-0.3, -0.25) is 19.8 Å². The van der Waals surface area contributed by atoms with Crippen LogP contribution in [0.2, 0.25) is 0 Å². The first-order valence-corrected chi connectivity index (χ1v) is 10.1. The molecule has 11 heteroatoms. The summed E-state index contributed by atoms with van der Waals surface area (Å²) in [6.07, 6.45) is 0. The van der Waals surface area contributed by atoms with Crippen LogP contribution in [0.15, 0.2) is 54.6 Å². The van der Waals surface area contributed by atoms with Gasteiger partial charge in [-0.1, -0.05) is 30.3 Å². The molecular formula is C18H17N3O7S. The van der Waals surface area contributed by atoms with Gasteiger partial charge in [0.2, 0.25) is 0 Å². The maximum Gasteiger partial charge on any atom is 0.325 e. The van der Waals surface area contributed by atoms with Gasteiger partial charge in [-0.05, 0) is 24.6 Å². The van der Waals surface area contributed by atoms with E-state index in [0.717, 1.165) is 4.90 Å². The second kappa shape index (κ2) is 7.51. The quantitative estimate of drug-likeness (QED) is 0.313. The number of rotatable bonds is 7. The van der Waals surface area contributed by atoms with E-state index in [-0.39, 0.29) is 17.0 Å². The number of carbonyl (C=O) groups is 2. The number of hydrogen-bond donors (Lipinski definition) is 1. The highest BCUT2D eigenvalue weighted by Gasteiger charge is 2.49. The Morgan fingerprint density at radius 2 is 1.83 bits per heavy atom. The van der Waals surface area contributed by atoms with Gasteiger partial charge in [0.05, 0.1) is 4.92 Å². The number of nitrogens with one attached hydrogen (secondary N) is 1. The van der Waals surface area contributed by atoms with Crippen molar-refractivity contribution in [2.45, 2.75) is 12.5 Å². The Morgan fingerprint density at radius 1 is 1.14 bits per heavy atom. The van der Waals surface area contributed by atoms with Crippen molar-refractivity contribution in [1.29, 1.82) is 0 Å². The predicted molar refractivity (Wildman–Crippen MR) is 102 cm³/mol. The van der Waals surface area contributed by atoms with Gasteiger partial charge in [0, 0.05) is 18.7 Å². The number of benzene rings is 2. The Morgan fingerprint density at radius 3 is 2.48 bits per heavy atom. The van der Waals surface area contributed by atoms with E-state index in [0.29, 0.717) is 0 Å². The Bertz CT molecular complexity index is 1070. The SMILES string of the molecule is CC1(c2cccc([N+](=O)[O-])c2)NC(=O)N(CCS(=O)(=O)Oc2ccccc2)C1=O. The average molecular weight is 419 g/mol. The molecule has 29 heavy (non-hydrogen) atoms. The van der Waals surface area contributed by atoms with Crippen LogP contribution in [-0.4, -0.2) is 42.5 Å². The summed E-state index contributed by atoms with van der Waals surface area (Å²) < 4.78 is 29.2. The van der Waals surface area contributed by atoms with Crippen molar-refractivity contribution in [2.75, 3.05) is 12.3 Å². The van der Waals surface area contributed by atoms with Crippen LogP contribution in [-0.2, 0) is 20.5 Å². The molecule has 152 valence electrons. The number of carbonyl (C=O) groups excluding carboxylic acids is 2. The summed E-state index contributed by atoms with van der Waals surface area (Å²) in [5, 5.41) is 13.5. The van der Waals surface area contributed by atoms with Crippen LogP contribution < -0.4 is 9.50 Å². The molecule has 0 aliphatic carbocycles. The molecule has 1 unspecified atom stereocenters. The maximum absolute atomic E-state index is 12.8. The minimum atomic E-state index is -4.05. The van der Waals surface area contributed by atoms with Crippen LogP contribution in [0.4, 0.5) is 10.5 Å². The fourth-order valence-electron chi connectivity index (χ4n) is 2.89. The van der Waals surface area contributed by atoms with E-state index in [2.05, 4.69) is 5.32 Å². The number of nitrogens with zero attached hydrogens (tertiary/aromatic N) is 2. The molecule has 0 saturated carbocycles. The number of nitro groups is 1. The number of imide groups is 1. The second-order valence-electron chi connectivity index (χ2n) is 6.48. The van der Waals surface area contributed by atoms with Crippen molar-refractivity contribution in [1.82, 2.24) is 10.2 Å². The van der Waals surface area contributed by atoms with Crippen molar-refractivity contribution in [3.8, 4) is 5.75 Å². The molecule has 1 aliphatic rings. The van der Waals surface area contributed by atoms with Gasteiger partial charge in [-0.15, -0.1) is 0 Å². The van der Waals surface area contributed by atoms with Crippen molar-refractivity contribution in [3.05, 3.63) is 70.3 Å². The number of amides is 3. The van der Waals surface area contributed by atoms with E-state index in [9.17, 15) is 28.1 Å². The molecule has 1 heterocycles. The van der Waals surface area contributed by atoms with E-state index in [4.69, 9.17) is 4.18 Å². The fourth-order valence-corrected chi connectivity index (χ4v) is 3.79. The molecule has 1 saturated heterocycles. The van der Waals surface area contributed by atoms with E-state index >= 15 is 0 Å². The zero-order valence-corrected chi connectivity index (χ0v) is 16.1. The summed E-state index contributed by atoms with van der Waals surface area (Å²) in [6, 6.07) is 12.4. The van der Waals surface area contributed by atoms with E-state index in [1.807, 2.05) is 0 Å². The lowest BCUT2D eigenvalue weighted by molar-refractivity contribution is -0.385. The zero-order chi connectivity index (χ0) is 21.2. The Labute approximate surface area is 166 Å². The second-order valence-corrected chi connectivity index (χ2v) is 8.17. The molecule has 0 spiro atoms. The van der Waals surface area contributed by atoms with Crippen LogP contribution in [0.3, 0.4) is 0 Å². The summed E-state index contributed by atoms with van der Waals surface area (Å²) in [6.45, 7) is 0.978. The summed E-state index contributed by atoms with van der Waals surface area (Å²) in [5.74, 6) is -1.20. The number of urea groups is 1. The lowest BCUT2D eigenvalue weighted by Crippen LogP contribution is -2.41. The molecule has 3 amide bonds. The summed E-state index contributed by atoms with van der Waals surface area (Å²) in [5.41, 5.74) is -1.56. The Kier molecular flexibility index (Phi) is 5.25. The molecule has 1 fully saturated rings. The van der Waals surface area contributed by atoms with Gasteiger partial charge in [0.1, 0.15) is 17.0 Å². The summed E-state index contributed by atoms with van der Waals surface area (Å²) >= 11 is 0. The molecule has 2 aromatic carbocycles. The van der Waals surface area contributed by atoms with Crippen LogP contribution in [0, 0.1) is 10.1 Å². The molecule has 0 bridgehead atoms. The molecular weight excluding hydrogens is 402 g/mol. The molecule has 1 aliphatic heterocycles. The van der Waals surface area contributed by atoms with Gasteiger partial charge in [0.15, 0.2) is 0 Å². The molecule has 3 rings (SSSR count). The lowest BCUT2D eigenvalue weighted by Gasteiger charge is -2.22. The van der Waals surface area contributed by atoms with Crippen molar-refractivity contribution in [3.63, 3.8) is 0 Å². The van der Waals surface area contributed by atoms with Crippen molar-refractivity contribution < 1.29 is 27.1 Å². The summed E-state index contributed by atoms with van der Waals surface area (Å²) in [4.78, 5) is 36.3. The third kappa shape index (κ3) is 4.19. The third-order valence-electron chi connectivity index (χ3n) is 4.44. The molecule has 10 nitrogen and oxygen atoms in total. The van der Waals surface area contributed by atoms with Crippen LogP contribution in [0.5, 0.6) is 5.75 Å². The number of non-ortho nitro benzene ring substituents is 1. The first-order valence-electron chi connectivity index (χ1n) is 8.49. The molecule has 0 aromatic heterocycles. The number of nitro benzene ring substituents is 1. The highest BCUT2D eigenvalue weighted by Crippen LogP contribution is 2.30. The maximum atomic E-state index is 12.8. The first kappa shape index (κ1) is 20.3. The van der Waals surface area contributed by atoms with Gasteiger partial charge in [0.25, 0.3) is 11.6 Å². The van der Waals surface area contributed by atoms with Crippen LogP contribution in [0.25, 0.3) is 0 Å². The number of hydrogen-bond acceptors (Lipinski definition) is 7. The van der Waals surface area contributed by atoms with E-state index < -0.39 is 44.8 Å². The first-order chi connectivity index (χ1) is 13.6.